The first-order chi connectivity index (χ1) is 11.9. The second-order valence-corrected chi connectivity index (χ2v) is 5.96. The van der Waals surface area contributed by atoms with E-state index >= 15 is 0 Å². The quantitative estimate of drug-likeness (QED) is 0.558. The summed E-state index contributed by atoms with van der Waals surface area (Å²) in [7, 11) is 1.75. The fraction of sp³-hybridized carbons (Fsp3) is 0.200. The Hall–Kier alpha value is -2.72. The van der Waals surface area contributed by atoms with Crippen LogP contribution in [0.3, 0.4) is 0 Å². The maximum Gasteiger partial charge on any atom is 0.107 e. The largest absolute Gasteiger partial charge is 0.383 e. The molecule has 2 heterocycles. The van der Waals surface area contributed by atoms with E-state index in [2.05, 4.69) is 44.9 Å². The van der Waals surface area contributed by atoms with Gasteiger partial charge in [0.25, 0.3) is 0 Å². The Kier molecular flexibility index (Phi) is 3.97. The lowest BCUT2D eigenvalue weighted by Crippen LogP contribution is -2.16. The van der Waals surface area contributed by atoms with E-state index < -0.39 is 0 Å². The van der Waals surface area contributed by atoms with Crippen molar-refractivity contribution < 1.29 is 4.74 Å². The van der Waals surface area contributed by atoms with Crippen LogP contribution >= 0.6 is 0 Å². The molecule has 0 spiro atoms. The number of methoxy groups -OCH3 is 1. The molecule has 0 bridgehead atoms. The second kappa shape index (κ2) is 6.42. The van der Waals surface area contributed by atoms with E-state index in [-0.39, 0.29) is 6.04 Å². The van der Waals surface area contributed by atoms with Crippen LogP contribution in [0.4, 0.5) is 0 Å². The van der Waals surface area contributed by atoms with E-state index in [0.717, 1.165) is 28.4 Å². The lowest BCUT2D eigenvalue weighted by molar-refractivity contribution is 0.156. The molecule has 24 heavy (non-hydrogen) atoms. The van der Waals surface area contributed by atoms with E-state index in [1.54, 1.807) is 7.11 Å². The Balaban J connectivity index is 1.84. The summed E-state index contributed by atoms with van der Waals surface area (Å²) in [5.41, 5.74) is 4.32. The monoisotopic (exact) mass is 317 g/mol. The number of para-hydroxylation sites is 1. The number of hydrogen-bond donors (Lipinski definition) is 0. The minimum Gasteiger partial charge on any atom is -0.383 e. The summed E-state index contributed by atoms with van der Waals surface area (Å²) in [6.07, 6.45) is 4.66. The van der Waals surface area contributed by atoms with E-state index in [9.17, 15) is 0 Å². The molecule has 0 aliphatic heterocycles. The van der Waals surface area contributed by atoms with Crippen molar-refractivity contribution in [2.75, 3.05) is 13.7 Å². The molecular weight excluding hydrogens is 298 g/mol. The molecule has 120 valence electrons. The van der Waals surface area contributed by atoms with E-state index in [1.165, 1.54) is 5.56 Å². The van der Waals surface area contributed by atoms with Gasteiger partial charge in [-0.1, -0.05) is 48.5 Å². The van der Waals surface area contributed by atoms with Crippen LogP contribution in [0, 0.1) is 0 Å². The molecule has 0 saturated carbocycles. The highest BCUT2D eigenvalue weighted by Gasteiger charge is 2.17. The highest BCUT2D eigenvalue weighted by atomic mass is 16.5. The molecule has 0 aliphatic rings. The fourth-order valence-corrected chi connectivity index (χ4v) is 3.26. The Morgan fingerprint density at radius 2 is 1.75 bits per heavy atom. The van der Waals surface area contributed by atoms with Gasteiger partial charge in [0, 0.05) is 12.5 Å². The average Bonchev–Trinajstić information content (AvgIpc) is 3.07. The van der Waals surface area contributed by atoms with Gasteiger partial charge >= 0.3 is 0 Å². The normalized spacial score (nSPS) is 12.7. The van der Waals surface area contributed by atoms with Gasteiger partial charge in [-0.2, -0.15) is 0 Å². The first kappa shape index (κ1) is 14.8. The predicted molar refractivity (Wildman–Crippen MR) is 96.1 cm³/mol. The molecule has 0 fully saturated rings. The zero-order valence-electron chi connectivity index (χ0n) is 13.6. The summed E-state index contributed by atoms with van der Waals surface area (Å²) in [5.74, 6) is 0. The van der Waals surface area contributed by atoms with Crippen LogP contribution in [0.25, 0.3) is 21.9 Å². The zero-order chi connectivity index (χ0) is 16.4. The SMILES string of the molecule is COC[C@@H](Cc1ccccc1)n1cnc2cnc3ccccc3c21. The maximum absolute atomic E-state index is 5.50. The van der Waals surface area contributed by atoms with E-state index in [0.29, 0.717) is 6.61 Å². The number of nitrogens with zero attached hydrogens (tertiary/aromatic N) is 3. The number of ether oxygens (including phenoxy) is 1. The van der Waals surface area contributed by atoms with E-state index in [1.807, 2.05) is 36.8 Å². The van der Waals surface area contributed by atoms with Crippen LogP contribution in [-0.2, 0) is 11.2 Å². The average molecular weight is 317 g/mol. The number of hydrogen-bond acceptors (Lipinski definition) is 3. The summed E-state index contributed by atoms with van der Waals surface area (Å²) >= 11 is 0. The molecule has 0 unspecified atom stereocenters. The molecular formula is C20H19N3O. The molecule has 4 aromatic rings. The van der Waals surface area contributed by atoms with Crippen molar-refractivity contribution in [2.45, 2.75) is 12.5 Å². The van der Waals surface area contributed by atoms with Gasteiger partial charge in [-0.05, 0) is 18.1 Å². The van der Waals surface area contributed by atoms with Crippen LogP contribution in [0.15, 0.2) is 67.1 Å². The lowest BCUT2D eigenvalue weighted by Gasteiger charge is -2.19. The van der Waals surface area contributed by atoms with Gasteiger partial charge < -0.3 is 9.30 Å². The standard InChI is InChI=1S/C20H19N3O/c1-24-13-16(11-15-7-3-2-4-8-15)23-14-22-19-12-21-18-10-6-5-9-17(18)20(19)23/h2-10,12,14,16H,11,13H2,1H3/t16-/m1/s1. The first-order valence-electron chi connectivity index (χ1n) is 8.10. The number of rotatable bonds is 5. The number of fused-ring (bicyclic) bond motifs is 3. The number of pyridine rings is 1. The Bertz CT molecular complexity index is 962. The molecule has 0 N–H and O–H groups in total. The lowest BCUT2D eigenvalue weighted by atomic mass is 10.1. The Morgan fingerprint density at radius 1 is 0.958 bits per heavy atom. The minimum atomic E-state index is 0.188. The van der Waals surface area contributed by atoms with Gasteiger partial charge in [-0.25, -0.2) is 4.98 Å². The predicted octanol–water partition coefficient (Wildman–Crippen LogP) is 4.01. The minimum absolute atomic E-state index is 0.188. The maximum atomic E-state index is 5.50. The highest BCUT2D eigenvalue weighted by molar-refractivity contribution is 6.01. The van der Waals surface area contributed by atoms with Crippen molar-refractivity contribution in [1.82, 2.24) is 14.5 Å². The Labute approximate surface area is 140 Å². The summed E-state index contributed by atoms with van der Waals surface area (Å²) < 4.78 is 7.73. The molecule has 0 aliphatic carbocycles. The van der Waals surface area contributed by atoms with Crippen molar-refractivity contribution in [2.24, 2.45) is 0 Å². The third-order valence-electron chi connectivity index (χ3n) is 4.37. The summed E-state index contributed by atoms with van der Waals surface area (Å²) in [6.45, 7) is 0.636. The van der Waals surface area contributed by atoms with Gasteiger partial charge in [0.2, 0.25) is 0 Å². The Morgan fingerprint density at radius 3 is 2.58 bits per heavy atom. The van der Waals surface area contributed by atoms with Gasteiger partial charge in [0.1, 0.15) is 5.52 Å². The first-order valence-corrected chi connectivity index (χ1v) is 8.10. The summed E-state index contributed by atoms with van der Waals surface area (Å²) in [4.78, 5) is 9.06. The molecule has 0 amide bonds. The smallest absolute Gasteiger partial charge is 0.107 e. The van der Waals surface area contributed by atoms with Crippen LogP contribution in [-0.4, -0.2) is 28.3 Å². The van der Waals surface area contributed by atoms with Crippen LogP contribution in [0.5, 0.6) is 0 Å². The molecule has 2 aromatic heterocycles. The number of imidazole rings is 1. The van der Waals surface area contributed by atoms with Crippen molar-refractivity contribution in [3.63, 3.8) is 0 Å². The molecule has 1 atom stereocenters. The van der Waals surface area contributed by atoms with Gasteiger partial charge in [0.15, 0.2) is 0 Å². The molecule has 2 aromatic carbocycles. The summed E-state index contributed by atoms with van der Waals surface area (Å²) in [6, 6.07) is 18.9. The fourth-order valence-electron chi connectivity index (χ4n) is 3.26. The number of benzene rings is 2. The molecule has 4 nitrogen and oxygen atoms in total. The van der Waals surface area contributed by atoms with Crippen LogP contribution in [0.2, 0.25) is 0 Å². The van der Waals surface area contributed by atoms with Gasteiger partial charge in [-0.15, -0.1) is 0 Å². The second-order valence-electron chi connectivity index (χ2n) is 5.96. The van der Waals surface area contributed by atoms with Crippen LogP contribution < -0.4 is 0 Å². The molecule has 0 radical (unpaired) electrons. The van der Waals surface area contributed by atoms with Crippen molar-refractivity contribution in [3.05, 3.63) is 72.7 Å². The molecule has 0 saturated heterocycles. The topological polar surface area (TPSA) is 39.9 Å². The third kappa shape index (κ3) is 2.65. The van der Waals surface area contributed by atoms with E-state index in [4.69, 9.17) is 4.74 Å². The molecule has 4 rings (SSSR count). The number of aromatic nitrogens is 3. The summed E-state index contributed by atoms with van der Waals surface area (Å²) in [5, 5.41) is 1.13. The van der Waals surface area contributed by atoms with Crippen LogP contribution in [0.1, 0.15) is 11.6 Å². The van der Waals surface area contributed by atoms with Crippen molar-refractivity contribution >= 4 is 21.9 Å². The van der Waals surface area contributed by atoms with Gasteiger partial charge in [-0.3, -0.25) is 4.98 Å². The van der Waals surface area contributed by atoms with Crippen molar-refractivity contribution in [3.8, 4) is 0 Å². The van der Waals surface area contributed by atoms with Gasteiger partial charge in [0.05, 0.1) is 36.2 Å². The molecule has 4 heteroatoms. The zero-order valence-corrected chi connectivity index (χ0v) is 13.6. The highest BCUT2D eigenvalue weighted by Crippen LogP contribution is 2.27. The van der Waals surface area contributed by atoms with Crippen molar-refractivity contribution in [1.29, 1.82) is 0 Å². The third-order valence-corrected chi connectivity index (χ3v) is 4.37.